The monoisotopic (exact) mass is 308 g/mol. The quantitative estimate of drug-likeness (QED) is 0.706. The molecule has 0 N–H and O–H groups in total. The molecule has 1 atom stereocenters. The summed E-state index contributed by atoms with van der Waals surface area (Å²) in [5.41, 5.74) is 1.44. The molecule has 4 heterocycles. The first kappa shape index (κ1) is 13.7. The predicted octanol–water partition coefficient (Wildman–Crippen LogP) is 1.19. The molecule has 4 rings (SSSR count). The zero-order valence-corrected chi connectivity index (χ0v) is 13.0. The van der Waals surface area contributed by atoms with Gasteiger partial charge in [-0.25, -0.2) is 9.97 Å². The van der Waals surface area contributed by atoms with Gasteiger partial charge in [-0.2, -0.15) is 15.5 Å². The third kappa shape index (κ3) is 2.21. The molecule has 1 fully saturated rings. The lowest BCUT2D eigenvalue weighted by atomic mass is 10.3. The number of fused-ring (bicyclic) bond motifs is 1. The van der Waals surface area contributed by atoms with E-state index in [2.05, 4.69) is 31.1 Å². The molecule has 1 unspecified atom stereocenters. The van der Waals surface area contributed by atoms with Gasteiger partial charge in [-0.1, -0.05) is 0 Å². The molecule has 0 aliphatic carbocycles. The van der Waals surface area contributed by atoms with E-state index in [1.807, 2.05) is 24.9 Å². The average Bonchev–Trinajstić information content (AvgIpc) is 3.26. The maximum absolute atomic E-state index is 8.94. The molecule has 0 aromatic carbocycles. The predicted molar refractivity (Wildman–Crippen MR) is 83.9 cm³/mol. The van der Waals surface area contributed by atoms with Crippen molar-refractivity contribution in [3.05, 3.63) is 30.0 Å². The molecule has 3 aromatic rings. The van der Waals surface area contributed by atoms with Crippen molar-refractivity contribution in [2.75, 3.05) is 18.0 Å². The van der Waals surface area contributed by atoms with Gasteiger partial charge in [0, 0.05) is 26.3 Å². The maximum atomic E-state index is 8.94. The molecule has 3 aromatic heterocycles. The Labute approximate surface area is 133 Å². The van der Waals surface area contributed by atoms with E-state index in [0.717, 1.165) is 42.2 Å². The second kappa shape index (κ2) is 5.05. The molecule has 1 aliphatic heterocycles. The van der Waals surface area contributed by atoms with Crippen molar-refractivity contribution in [2.45, 2.75) is 19.4 Å². The number of aromatic nitrogens is 6. The minimum Gasteiger partial charge on any atom is -0.354 e. The first-order valence-corrected chi connectivity index (χ1v) is 7.51. The Morgan fingerprint density at radius 3 is 2.91 bits per heavy atom. The van der Waals surface area contributed by atoms with Crippen LogP contribution in [0.1, 0.15) is 23.9 Å². The topological polar surface area (TPSA) is 88.5 Å². The van der Waals surface area contributed by atoms with Gasteiger partial charge < -0.3 is 4.90 Å². The summed E-state index contributed by atoms with van der Waals surface area (Å²) in [7, 11) is 1.89. The lowest BCUT2D eigenvalue weighted by molar-refractivity contribution is 0.494. The number of rotatable bonds is 2. The highest BCUT2D eigenvalue weighted by atomic mass is 15.3. The van der Waals surface area contributed by atoms with E-state index < -0.39 is 0 Å². The summed E-state index contributed by atoms with van der Waals surface area (Å²) in [6, 6.07) is 2.37. The Balaban J connectivity index is 1.66. The van der Waals surface area contributed by atoms with E-state index >= 15 is 0 Å². The van der Waals surface area contributed by atoms with Gasteiger partial charge >= 0.3 is 0 Å². The van der Waals surface area contributed by atoms with Crippen molar-refractivity contribution in [3.63, 3.8) is 0 Å². The van der Waals surface area contributed by atoms with Gasteiger partial charge in [0.15, 0.2) is 5.65 Å². The van der Waals surface area contributed by atoms with Crippen LogP contribution in [0.5, 0.6) is 0 Å². The summed E-state index contributed by atoms with van der Waals surface area (Å²) >= 11 is 0. The van der Waals surface area contributed by atoms with E-state index in [1.54, 1.807) is 17.1 Å². The van der Waals surface area contributed by atoms with E-state index in [1.165, 1.54) is 0 Å². The second-order valence-electron chi connectivity index (χ2n) is 5.81. The highest BCUT2D eigenvalue weighted by Gasteiger charge is 2.27. The van der Waals surface area contributed by atoms with E-state index in [4.69, 9.17) is 5.26 Å². The summed E-state index contributed by atoms with van der Waals surface area (Å²) in [4.78, 5) is 11.3. The number of hydrogen-bond donors (Lipinski definition) is 0. The minimum atomic E-state index is 0.249. The summed E-state index contributed by atoms with van der Waals surface area (Å²) in [6.07, 6.45) is 6.20. The van der Waals surface area contributed by atoms with Crippen LogP contribution in [-0.2, 0) is 7.05 Å². The Hall–Kier alpha value is -2.95. The Kier molecular flexibility index (Phi) is 3.01. The zero-order chi connectivity index (χ0) is 16.0. The smallest absolute Gasteiger partial charge is 0.163 e. The maximum Gasteiger partial charge on any atom is 0.163 e. The Bertz CT molecular complexity index is 915. The molecular formula is C15H16N8. The zero-order valence-electron chi connectivity index (χ0n) is 13.0. The number of anilines is 1. The van der Waals surface area contributed by atoms with Crippen LogP contribution in [0.3, 0.4) is 0 Å². The van der Waals surface area contributed by atoms with Gasteiger partial charge in [0.25, 0.3) is 0 Å². The molecule has 8 heteroatoms. The molecule has 0 bridgehead atoms. The van der Waals surface area contributed by atoms with Crippen LogP contribution in [0.25, 0.3) is 11.0 Å². The normalized spacial score (nSPS) is 17.8. The van der Waals surface area contributed by atoms with Gasteiger partial charge in [0.1, 0.15) is 17.7 Å². The number of aryl methyl sites for hydroxylation is 2. The molecule has 1 aliphatic rings. The number of hydrogen-bond acceptors (Lipinski definition) is 6. The Morgan fingerprint density at radius 1 is 1.26 bits per heavy atom. The fourth-order valence-electron chi connectivity index (χ4n) is 3.10. The first-order chi connectivity index (χ1) is 11.2. The fraction of sp³-hybridized carbons (Fsp3) is 0.400. The third-order valence-corrected chi connectivity index (χ3v) is 4.25. The summed E-state index contributed by atoms with van der Waals surface area (Å²) in [5, 5.41) is 18.5. The highest BCUT2D eigenvalue weighted by molar-refractivity contribution is 5.87. The molecule has 0 spiro atoms. The van der Waals surface area contributed by atoms with Crippen LogP contribution in [-0.4, -0.2) is 42.6 Å². The molecular weight excluding hydrogens is 292 g/mol. The van der Waals surface area contributed by atoms with Crippen molar-refractivity contribution in [3.8, 4) is 6.07 Å². The van der Waals surface area contributed by atoms with Crippen molar-refractivity contribution in [2.24, 2.45) is 7.05 Å². The van der Waals surface area contributed by atoms with Gasteiger partial charge in [0.2, 0.25) is 0 Å². The van der Waals surface area contributed by atoms with Crippen LogP contribution in [0, 0.1) is 18.3 Å². The van der Waals surface area contributed by atoms with Crippen LogP contribution in [0.2, 0.25) is 0 Å². The SMILES string of the molecule is Cc1nc(N2CCC(n3cc(C#N)cn3)C2)c2cnn(C)c2n1. The molecule has 0 saturated carbocycles. The largest absolute Gasteiger partial charge is 0.354 e. The minimum absolute atomic E-state index is 0.249. The van der Waals surface area contributed by atoms with E-state index in [9.17, 15) is 0 Å². The number of nitrogens with zero attached hydrogens (tertiary/aromatic N) is 8. The van der Waals surface area contributed by atoms with Crippen molar-refractivity contribution in [1.82, 2.24) is 29.5 Å². The lowest BCUT2D eigenvalue weighted by Crippen LogP contribution is -2.22. The van der Waals surface area contributed by atoms with E-state index in [0.29, 0.717) is 5.56 Å². The van der Waals surface area contributed by atoms with Gasteiger partial charge in [-0.05, 0) is 13.3 Å². The number of nitriles is 1. The van der Waals surface area contributed by atoms with Crippen LogP contribution in [0.15, 0.2) is 18.6 Å². The van der Waals surface area contributed by atoms with Crippen LogP contribution >= 0.6 is 0 Å². The molecule has 0 amide bonds. The first-order valence-electron chi connectivity index (χ1n) is 7.51. The van der Waals surface area contributed by atoms with Crippen LogP contribution in [0.4, 0.5) is 5.82 Å². The standard InChI is InChI=1S/C15H16N8/c1-10-19-14-13(7-17-21(14)2)15(20-10)22-4-3-12(9-22)23-8-11(5-16)6-18-23/h6-8,12H,3-4,9H2,1-2H3. The Morgan fingerprint density at radius 2 is 2.13 bits per heavy atom. The van der Waals surface area contributed by atoms with Crippen molar-refractivity contribution in [1.29, 1.82) is 5.26 Å². The molecule has 116 valence electrons. The summed E-state index contributed by atoms with van der Waals surface area (Å²) < 4.78 is 3.65. The summed E-state index contributed by atoms with van der Waals surface area (Å²) in [6.45, 7) is 3.61. The molecule has 23 heavy (non-hydrogen) atoms. The fourth-order valence-corrected chi connectivity index (χ4v) is 3.10. The molecule has 0 radical (unpaired) electrons. The second-order valence-corrected chi connectivity index (χ2v) is 5.81. The van der Waals surface area contributed by atoms with Gasteiger partial charge in [-0.3, -0.25) is 9.36 Å². The lowest BCUT2D eigenvalue weighted by Gasteiger charge is -2.18. The average molecular weight is 308 g/mol. The van der Waals surface area contributed by atoms with E-state index in [-0.39, 0.29) is 6.04 Å². The molecule has 8 nitrogen and oxygen atoms in total. The summed E-state index contributed by atoms with van der Waals surface area (Å²) in [5.74, 6) is 1.67. The third-order valence-electron chi connectivity index (χ3n) is 4.25. The van der Waals surface area contributed by atoms with Crippen molar-refractivity contribution < 1.29 is 0 Å². The highest BCUT2D eigenvalue weighted by Crippen LogP contribution is 2.30. The van der Waals surface area contributed by atoms with Crippen molar-refractivity contribution >= 4 is 16.9 Å². The van der Waals surface area contributed by atoms with Gasteiger partial charge in [-0.15, -0.1) is 0 Å². The van der Waals surface area contributed by atoms with Gasteiger partial charge in [0.05, 0.1) is 29.4 Å². The van der Waals surface area contributed by atoms with Crippen LogP contribution < -0.4 is 4.90 Å². The molecule has 1 saturated heterocycles.